The highest BCUT2D eigenvalue weighted by molar-refractivity contribution is 7.86. The first-order valence-corrected chi connectivity index (χ1v) is 7.36. The van der Waals surface area contributed by atoms with Gasteiger partial charge in [-0.15, -0.1) is 0 Å². The molecule has 0 saturated carbocycles. The summed E-state index contributed by atoms with van der Waals surface area (Å²) >= 11 is 0. The maximum Gasteiger partial charge on any atom is 0.281 e. The van der Waals surface area contributed by atoms with E-state index in [4.69, 9.17) is 0 Å². The molecule has 0 spiro atoms. The first kappa shape index (κ1) is 12.3. The van der Waals surface area contributed by atoms with E-state index in [1.54, 1.807) is 18.4 Å². The molecule has 5 nitrogen and oxygen atoms in total. The van der Waals surface area contributed by atoms with E-state index >= 15 is 0 Å². The van der Waals surface area contributed by atoms with Gasteiger partial charge in [0.25, 0.3) is 10.2 Å². The molecule has 0 aromatic rings. The Morgan fingerprint density at radius 3 is 2.56 bits per heavy atom. The third kappa shape index (κ3) is 2.11. The molecule has 1 N–H and O–H groups in total. The van der Waals surface area contributed by atoms with Gasteiger partial charge in [-0.1, -0.05) is 0 Å². The van der Waals surface area contributed by atoms with Crippen molar-refractivity contribution in [2.75, 3.05) is 27.2 Å². The van der Waals surface area contributed by atoms with E-state index in [0.29, 0.717) is 12.6 Å². The second kappa shape index (κ2) is 4.60. The van der Waals surface area contributed by atoms with Gasteiger partial charge in [-0.2, -0.15) is 17.0 Å². The van der Waals surface area contributed by atoms with Gasteiger partial charge in [0.2, 0.25) is 0 Å². The van der Waals surface area contributed by atoms with Crippen LogP contribution in [0.4, 0.5) is 0 Å². The zero-order valence-electron chi connectivity index (χ0n) is 10.0. The van der Waals surface area contributed by atoms with Crippen molar-refractivity contribution in [2.45, 2.75) is 37.8 Å². The lowest BCUT2D eigenvalue weighted by molar-refractivity contribution is 0.305. The highest BCUT2D eigenvalue weighted by Crippen LogP contribution is 2.27. The number of nitrogens with zero attached hydrogens (tertiary/aromatic N) is 2. The molecule has 2 unspecified atom stereocenters. The minimum absolute atomic E-state index is 0.162. The Kier molecular flexibility index (Phi) is 3.53. The number of hydrogen-bond acceptors (Lipinski definition) is 3. The van der Waals surface area contributed by atoms with Crippen LogP contribution in [-0.4, -0.2) is 56.3 Å². The Morgan fingerprint density at radius 1 is 1.25 bits per heavy atom. The van der Waals surface area contributed by atoms with Gasteiger partial charge >= 0.3 is 0 Å². The largest absolute Gasteiger partial charge is 0.312 e. The third-order valence-electron chi connectivity index (χ3n) is 3.57. The van der Waals surface area contributed by atoms with E-state index in [-0.39, 0.29) is 6.04 Å². The molecule has 0 aliphatic carbocycles. The maximum atomic E-state index is 12.1. The summed E-state index contributed by atoms with van der Waals surface area (Å²) in [4.78, 5) is 0. The lowest BCUT2D eigenvalue weighted by Gasteiger charge is -2.30. The van der Waals surface area contributed by atoms with E-state index in [1.165, 1.54) is 4.31 Å². The SMILES string of the molecule is CN(C)S(=O)(=O)N1CCCC1C1CCCN1. The summed E-state index contributed by atoms with van der Waals surface area (Å²) in [6.45, 7) is 1.69. The summed E-state index contributed by atoms with van der Waals surface area (Å²) in [6.07, 6.45) is 4.24. The van der Waals surface area contributed by atoms with Crippen LogP contribution in [0.1, 0.15) is 25.7 Å². The zero-order chi connectivity index (χ0) is 11.8. The van der Waals surface area contributed by atoms with Gasteiger partial charge in [0, 0.05) is 32.7 Å². The Balaban J connectivity index is 2.14. The summed E-state index contributed by atoms with van der Waals surface area (Å²) in [7, 11) is -0.0286. The molecule has 0 radical (unpaired) electrons. The van der Waals surface area contributed by atoms with Gasteiger partial charge in [0.15, 0.2) is 0 Å². The fourth-order valence-corrected chi connectivity index (χ4v) is 4.08. The molecule has 2 atom stereocenters. The molecular formula is C10H21N3O2S. The zero-order valence-corrected chi connectivity index (χ0v) is 10.8. The molecule has 16 heavy (non-hydrogen) atoms. The predicted octanol–water partition coefficient (Wildman–Crippen LogP) is 0.00920. The van der Waals surface area contributed by atoms with Crippen LogP contribution in [0.2, 0.25) is 0 Å². The van der Waals surface area contributed by atoms with Crippen LogP contribution in [-0.2, 0) is 10.2 Å². The van der Waals surface area contributed by atoms with Crippen LogP contribution in [0.15, 0.2) is 0 Å². The van der Waals surface area contributed by atoms with Crippen molar-refractivity contribution < 1.29 is 8.42 Å². The van der Waals surface area contributed by atoms with Gasteiger partial charge in [-0.05, 0) is 32.2 Å². The molecule has 2 fully saturated rings. The van der Waals surface area contributed by atoms with Crippen LogP contribution in [0.3, 0.4) is 0 Å². The van der Waals surface area contributed by atoms with Gasteiger partial charge < -0.3 is 5.32 Å². The molecule has 0 amide bonds. The second-order valence-corrected chi connectivity index (χ2v) is 6.91. The van der Waals surface area contributed by atoms with Gasteiger partial charge in [0.1, 0.15) is 0 Å². The average Bonchev–Trinajstić information content (AvgIpc) is 2.88. The van der Waals surface area contributed by atoms with Crippen molar-refractivity contribution in [2.24, 2.45) is 0 Å². The Bertz CT molecular complexity index is 336. The number of rotatable bonds is 3. The summed E-state index contributed by atoms with van der Waals surface area (Å²) < 4.78 is 27.2. The fraction of sp³-hybridized carbons (Fsp3) is 1.00. The fourth-order valence-electron chi connectivity index (χ4n) is 2.70. The molecule has 0 aromatic heterocycles. The summed E-state index contributed by atoms with van der Waals surface area (Å²) in [5, 5.41) is 3.41. The summed E-state index contributed by atoms with van der Waals surface area (Å²) in [5.41, 5.74) is 0. The molecule has 6 heteroatoms. The minimum atomic E-state index is -3.24. The van der Waals surface area contributed by atoms with Crippen LogP contribution in [0.25, 0.3) is 0 Å². The highest BCUT2D eigenvalue weighted by Gasteiger charge is 2.40. The molecule has 2 rings (SSSR count). The Hall–Kier alpha value is -0.170. The summed E-state index contributed by atoms with van der Waals surface area (Å²) in [6, 6.07) is 0.520. The standard InChI is InChI=1S/C10H21N3O2S/c1-12(2)16(14,15)13-8-4-6-10(13)9-5-3-7-11-9/h9-11H,3-8H2,1-2H3. The molecule has 0 aromatic carbocycles. The van der Waals surface area contributed by atoms with Crippen LogP contribution >= 0.6 is 0 Å². The average molecular weight is 247 g/mol. The van der Waals surface area contributed by atoms with E-state index in [1.807, 2.05) is 0 Å². The first-order chi connectivity index (χ1) is 7.53. The Labute approximate surface area is 98.0 Å². The molecule has 2 aliphatic rings. The second-order valence-electron chi connectivity index (χ2n) is 4.81. The van der Waals surface area contributed by atoms with Crippen LogP contribution < -0.4 is 5.32 Å². The summed E-state index contributed by atoms with van der Waals surface area (Å²) in [5.74, 6) is 0. The van der Waals surface area contributed by atoms with E-state index in [0.717, 1.165) is 32.2 Å². The molecular weight excluding hydrogens is 226 g/mol. The van der Waals surface area contributed by atoms with Gasteiger partial charge in [0.05, 0.1) is 0 Å². The van der Waals surface area contributed by atoms with Crippen molar-refractivity contribution >= 4 is 10.2 Å². The van der Waals surface area contributed by atoms with E-state index in [9.17, 15) is 8.42 Å². The lowest BCUT2D eigenvalue weighted by Crippen LogP contribution is -2.49. The van der Waals surface area contributed by atoms with Crippen LogP contribution in [0.5, 0.6) is 0 Å². The van der Waals surface area contributed by atoms with Crippen LogP contribution in [0, 0.1) is 0 Å². The molecule has 2 heterocycles. The molecule has 0 bridgehead atoms. The monoisotopic (exact) mass is 247 g/mol. The topological polar surface area (TPSA) is 52.7 Å². The molecule has 2 aliphatic heterocycles. The minimum Gasteiger partial charge on any atom is -0.312 e. The quantitative estimate of drug-likeness (QED) is 0.764. The normalized spacial score (nSPS) is 32.7. The highest BCUT2D eigenvalue weighted by atomic mass is 32.2. The third-order valence-corrected chi connectivity index (χ3v) is 5.54. The molecule has 2 saturated heterocycles. The number of nitrogens with one attached hydrogen (secondary N) is 1. The maximum absolute atomic E-state index is 12.1. The molecule has 94 valence electrons. The van der Waals surface area contributed by atoms with Crippen molar-refractivity contribution in [1.29, 1.82) is 0 Å². The van der Waals surface area contributed by atoms with Gasteiger partial charge in [-0.25, -0.2) is 0 Å². The smallest absolute Gasteiger partial charge is 0.281 e. The van der Waals surface area contributed by atoms with Crippen molar-refractivity contribution in [3.8, 4) is 0 Å². The predicted molar refractivity (Wildman–Crippen MR) is 63.4 cm³/mol. The Morgan fingerprint density at radius 2 is 2.00 bits per heavy atom. The van der Waals surface area contributed by atoms with E-state index in [2.05, 4.69) is 5.32 Å². The van der Waals surface area contributed by atoms with Gasteiger partial charge in [-0.3, -0.25) is 0 Å². The first-order valence-electron chi connectivity index (χ1n) is 5.96. The van der Waals surface area contributed by atoms with E-state index < -0.39 is 10.2 Å². The van der Waals surface area contributed by atoms with Crippen molar-refractivity contribution in [3.63, 3.8) is 0 Å². The van der Waals surface area contributed by atoms with Crippen molar-refractivity contribution in [3.05, 3.63) is 0 Å². The van der Waals surface area contributed by atoms with Crippen molar-refractivity contribution in [1.82, 2.24) is 13.9 Å². The number of hydrogen-bond donors (Lipinski definition) is 1. The lowest BCUT2D eigenvalue weighted by atomic mass is 10.1.